The predicted molar refractivity (Wildman–Crippen MR) is 64.2 cm³/mol. The maximum Gasteiger partial charge on any atom is 0.0600 e. The van der Waals surface area contributed by atoms with E-state index in [2.05, 4.69) is 37.9 Å². The molecule has 3 nitrogen and oxygen atoms in total. The lowest BCUT2D eigenvalue weighted by Crippen LogP contribution is -2.52. The summed E-state index contributed by atoms with van der Waals surface area (Å²) in [7, 11) is 0. The topological polar surface area (TPSA) is 24.5 Å². The largest absolute Gasteiger partial charge is 0.375 e. The van der Waals surface area contributed by atoms with E-state index >= 15 is 0 Å². The molecule has 15 heavy (non-hydrogen) atoms. The molecule has 0 aliphatic carbocycles. The van der Waals surface area contributed by atoms with Crippen LogP contribution in [-0.4, -0.2) is 49.3 Å². The van der Waals surface area contributed by atoms with Crippen molar-refractivity contribution in [3.05, 3.63) is 0 Å². The van der Waals surface area contributed by atoms with Gasteiger partial charge >= 0.3 is 0 Å². The first-order valence-electron chi connectivity index (χ1n) is 6.11. The van der Waals surface area contributed by atoms with E-state index in [1.807, 2.05) is 0 Å². The second-order valence-electron chi connectivity index (χ2n) is 5.26. The molecule has 1 aliphatic heterocycles. The predicted octanol–water partition coefficient (Wildman–Crippen LogP) is 1.49. The summed E-state index contributed by atoms with van der Waals surface area (Å²) in [6.45, 7) is 13.9. The van der Waals surface area contributed by atoms with Crippen molar-refractivity contribution in [2.75, 3.05) is 32.8 Å². The molecular weight excluding hydrogens is 188 g/mol. The molecule has 0 amide bonds. The Labute approximate surface area is 94.2 Å². The SMILES string of the molecule is CCC1CNCCN1CCOC(C)(C)C. The average Bonchev–Trinajstić information content (AvgIpc) is 2.16. The van der Waals surface area contributed by atoms with Gasteiger partial charge in [-0.1, -0.05) is 6.92 Å². The molecular formula is C12H26N2O. The second kappa shape index (κ2) is 5.83. The van der Waals surface area contributed by atoms with Gasteiger partial charge in [-0.15, -0.1) is 0 Å². The smallest absolute Gasteiger partial charge is 0.0600 e. The van der Waals surface area contributed by atoms with Gasteiger partial charge in [0.25, 0.3) is 0 Å². The quantitative estimate of drug-likeness (QED) is 0.767. The van der Waals surface area contributed by atoms with Crippen LogP contribution in [0, 0.1) is 0 Å². The Balaban J connectivity index is 2.23. The highest BCUT2D eigenvalue weighted by Crippen LogP contribution is 2.09. The second-order valence-corrected chi connectivity index (χ2v) is 5.26. The summed E-state index contributed by atoms with van der Waals surface area (Å²) in [6, 6.07) is 0.697. The van der Waals surface area contributed by atoms with Gasteiger partial charge in [-0.3, -0.25) is 4.90 Å². The Kier molecular flexibility index (Phi) is 5.03. The van der Waals surface area contributed by atoms with E-state index in [0.29, 0.717) is 6.04 Å². The lowest BCUT2D eigenvalue weighted by Gasteiger charge is -2.36. The maximum absolute atomic E-state index is 5.76. The molecule has 1 unspecified atom stereocenters. The van der Waals surface area contributed by atoms with Crippen LogP contribution >= 0.6 is 0 Å². The molecule has 0 aromatic heterocycles. The summed E-state index contributed by atoms with van der Waals surface area (Å²) in [5.41, 5.74) is -0.00422. The highest BCUT2D eigenvalue weighted by molar-refractivity contribution is 4.78. The fourth-order valence-corrected chi connectivity index (χ4v) is 1.97. The number of nitrogens with zero attached hydrogens (tertiary/aromatic N) is 1. The first kappa shape index (κ1) is 12.9. The van der Waals surface area contributed by atoms with Gasteiger partial charge in [-0.25, -0.2) is 0 Å². The fourth-order valence-electron chi connectivity index (χ4n) is 1.97. The molecule has 0 bridgehead atoms. The minimum atomic E-state index is -0.00422. The summed E-state index contributed by atoms with van der Waals surface area (Å²) >= 11 is 0. The van der Waals surface area contributed by atoms with Gasteiger partial charge in [0.15, 0.2) is 0 Å². The molecule has 1 N–H and O–H groups in total. The molecule has 0 aromatic rings. The van der Waals surface area contributed by atoms with Crippen molar-refractivity contribution in [2.24, 2.45) is 0 Å². The van der Waals surface area contributed by atoms with E-state index in [0.717, 1.165) is 32.8 Å². The normalized spacial score (nSPS) is 24.4. The van der Waals surface area contributed by atoms with Gasteiger partial charge in [-0.05, 0) is 27.2 Å². The molecule has 1 saturated heterocycles. The van der Waals surface area contributed by atoms with Crippen LogP contribution in [0.3, 0.4) is 0 Å². The summed E-state index contributed by atoms with van der Waals surface area (Å²) in [6.07, 6.45) is 1.22. The number of hydrogen-bond donors (Lipinski definition) is 1. The number of rotatable bonds is 4. The van der Waals surface area contributed by atoms with Crippen molar-refractivity contribution in [1.82, 2.24) is 10.2 Å². The number of nitrogens with one attached hydrogen (secondary N) is 1. The summed E-state index contributed by atoms with van der Waals surface area (Å²) in [4.78, 5) is 2.54. The zero-order valence-corrected chi connectivity index (χ0v) is 10.7. The summed E-state index contributed by atoms with van der Waals surface area (Å²) in [5, 5.41) is 3.44. The van der Waals surface area contributed by atoms with Gasteiger partial charge in [0.2, 0.25) is 0 Å². The van der Waals surface area contributed by atoms with Crippen molar-refractivity contribution in [3.63, 3.8) is 0 Å². The van der Waals surface area contributed by atoms with Crippen LogP contribution in [0.1, 0.15) is 34.1 Å². The van der Waals surface area contributed by atoms with Crippen molar-refractivity contribution in [3.8, 4) is 0 Å². The Bertz CT molecular complexity index is 177. The minimum absolute atomic E-state index is 0.00422. The van der Waals surface area contributed by atoms with E-state index in [1.165, 1.54) is 6.42 Å². The van der Waals surface area contributed by atoms with Crippen molar-refractivity contribution < 1.29 is 4.74 Å². The van der Waals surface area contributed by atoms with Crippen LogP contribution in [0.5, 0.6) is 0 Å². The van der Waals surface area contributed by atoms with Crippen LogP contribution in [0.4, 0.5) is 0 Å². The third kappa shape index (κ3) is 4.96. The molecule has 0 spiro atoms. The van der Waals surface area contributed by atoms with E-state index in [4.69, 9.17) is 4.74 Å². The molecule has 90 valence electrons. The third-order valence-electron chi connectivity index (χ3n) is 2.86. The average molecular weight is 214 g/mol. The Morgan fingerprint density at radius 3 is 2.73 bits per heavy atom. The van der Waals surface area contributed by atoms with Crippen LogP contribution in [0.15, 0.2) is 0 Å². The molecule has 1 atom stereocenters. The lowest BCUT2D eigenvalue weighted by atomic mass is 10.1. The minimum Gasteiger partial charge on any atom is -0.375 e. The van der Waals surface area contributed by atoms with Gasteiger partial charge in [-0.2, -0.15) is 0 Å². The molecule has 1 aliphatic rings. The van der Waals surface area contributed by atoms with E-state index < -0.39 is 0 Å². The van der Waals surface area contributed by atoms with Gasteiger partial charge in [0.1, 0.15) is 0 Å². The zero-order chi connectivity index (χ0) is 11.3. The van der Waals surface area contributed by atoms with Crippen molar-refractivity contribution in [1.29, 1.82) is 0 Å². The first-order valence-corrected chi connectivity index (χ1v) is 6.11. The Morgan fingerprint density at radius 1 is 1.40 bits per heavy atom. The fraction of sp³-hybridized carbons (Fsp3) is 1.00. The van der Waals surface area contributed by atoms with E-state index in [-0.39, 0.29) is 5.60 Å². The highest BCUT2D eigenvalue weighted by atomic mass is 16.5. The van der Waals surface area contributed by atoms with Crippen molar-refractivity contribution >= 4 is 0 Å². The molecule has 0 radical (unpaired) electrons. The van der Waals surface area contributed by atoms with E-state index in [1.54, 1.807) is 0 Å². The molecule has 1 rings (SSSR count). The molecule has 3 heteroatoms. The number of hydrogen-bond acceptors (Lipinski definition) is 3. The zero-order valence-electron chi connectivity index (χ0n) is 10.7. The number of ether oxygens (including phenoxy) is 1. The molecule has 0 saturated carbocycles. The van der Waals surface area contributed by atoms with Gasteiger partial charge in [0, 0.05) is 32.2 Å². The Morgan fingerprint density at radius 2 is 2.13 bits per heavy atom. The lowest BCUT2D eigenvalue weighted by molar-refractivity contribution is -0.0199. The summed E-state index contributed by atoms with van der Waals surface area (Å²) < 4.78 is 5.76. The van der Waals surface area contributed by atoms with E-state index in [9.17, 15) is 0 Å². The molecule has 1 heterocycles. The van der Waals surface area contributed by atoms with Crippen LogP contribution < -0.4 is 5.32 Å². The van der Waals surface area contributed by atoms with Crippen LogP contribution in [0.25, 0.3) is 0 Å². The highest BCUT2D eigenvalue weighted by Gasteiger charge is 2.20. The van der Waals surface area contributed by atoms with Gasteiger partial charge < -0.3 is 10.1 Å². The number of piperazine rings is 1. The molecule has 0 aromatic carbocycles. The van der Waals surface area contributed by atoms with Crippen molar-refractivity contribution in [2.45, 2.75) is 45.8 Å². The monoisotopic (exact) mass is 214 g/mol. The summed E-state index contributed by atoms with van der Waals surface area (Å²) in [5.74, 6) is 0. The van der Waals surface area contributed by atoms with Gasteiger partial charge in [0.05, 0.1) is 12.2 Å². The third-order valence-corrected chi connectivity index (χ3v) is 2.86. The van der Waals surface area contributed by atoms with Crippen LogP contribution in [-0.2, 0) is 4.74 Å². The first-order chi connectivity index (χ1) is 7.03. The standard InChI is InChI=1S/C12H26N2O/c1-5-11-10-13-6-7-14(11)8-9-15-12(2,3)4/h11,13H,5-10H2,1-4H3. The maximum atomic E-state index is 5.76. The Hall–Kier alpha value is -0.120. The molecule has 1 fully saturated rings. The van der Waals surface area contributed by atoms with Crippen LogP contribution in [0.2, 0.25) is 0 Å².